The standard InChI is InChI=1S/C7H13N3S/c1-5(2)6(8)3-7-9-4-10-11-7/h4-6H,3,8H2,1-2H3. The van der Waals surface area contributed by atoms with Gasteiger partial charge in [-0.3, -0.25) is 0 Å². The van der Waals surface area contributed by atoms with Crippen molar-refractivity contribution < 1.29 is 0 Å². The second kappa shape index (κ2) is 3.78. The maximum atomic E-state index is 5.85. The molecule has 0 amide bonds. The van der Waals surface area contributed by atoms with Gasteiger partial charge in [0, 0.05) is 12.5 Å². The van der Waals surface area contributed by atoms with E-state index in [1.807, 2.05) is 0 Å². The number of rotatable bonds is 3. The van der Waals surface area contributed by atoms with Gasteiger partial charge in [-0.2, -0.15) is 4.37 Å². The van der Waals surface area contributed by atoms with Gasteiger partial charge in [-0.15, -0.1) is 0 Å². The molecule has 0 aliphatic carbocycles. The highest BCUT2D eigenvalue weighted by atomic mass is 32.1. The summed E-state index contributed by atoms with van der Waals surface area (Å²) in [5, 5.41) is 1.03. The number of hydrogen-bond donors (Lipinski definition) is 1. The molecule has 11 heavy (non-hydrogen) atoms. The largest absolute Gasteiger partial charge is 0.327 e. The van der Waals surface area contributed by atoms with Crippen LogP contribution in [0.5, 0.6) is 0 Å². The molecule has 1 unspecified atom stereocenters. The van der Waals surface area contributed by atoms with Crippen LogP contribution in [0.4, 0.5) is 0 Å². The highest BCUT2D eigenvalue weighted by Gasteiger charge is 2.09. The van der Waals surface area contributed by atoms with Gasteiger partial charge in [-0.05, 0) is 17.5 Å². The maximum absolute atomic E-state index is 5.85. The average Bonchev–Trinajstić information content (AvgIpc) is 2.39. The topological polar surface area (TPSA) is 51.8 Å². The first-order chi connectivity index (χ1) is 5.20. The van der Waals surface area contributed by atoms with Crippen molar-refractivity contribution in [2.24, 2.45) is 11.7 Å². The lowest BCUT2D eigenvalue weighted by Crippen LogP contribution is -2.28. The molecule has 0 spiro atoms. The summed E-state index contributed by atoms with van der Waals surface area (Å²) in [6.45, 7) is 4.23. The summed E-state index contributed by atoms with van der Waals surface area (Å²) in [6, 6.07) is 0.211. The summed E-state index contributed by atoms with van der Waals surface area (Å²) in [6.07, 6.45) is 2.43. The molecule has 4 heteroatoms. The molecule has 0 bridgehead atoms. The first-order valence-corrected chi connectivity index (χ1v) is 4.48. The zero-order valence-corrected chi connectivity index (χ0v) is 7.64. The molecule has 2 N–H and O–H groups in total. The quantitative estimate of drug-likeness (QED) is 0.740. The van der Waals surface area contributed by atoms with E-state index < -0.39 is 0 Å². The zero-order valence-electron chi connectivity index (χ0n) is 6.82. The Balaban J connectivity index is 2.43. The van der Waals surface area contributed by atoms with Crippen molar-refractivity contribution in [1.29, 1.82) is 0 Å². The van der Waals surface area contributed by atoms with Crippen LogP contribution >= 0.6 is 11.5 Å². The van der Waals surface area contributed by atoms with E-state index in [9.17, 15) is 0 Å². The monoisotopic (exact) mass is 171 g/mol. The van der Waals surface area contributed by atoms with Crippen LogP contribution < -0.4 is 5.73 Å². The van der Waals surface area contributed by atoms with Crippen LogP contribution in [-0.2, 0) is 6.42 Å². The first-order valence-electron chi connectivity index (χ1n) is 3.71. The molecule has 0 saturated carbocycles. The van der Waals surface area contributed by atoms with Crippen LogP contribution in [-0.4, -0.2) is 15.4 Å². The highest BCUT2D eigenvalue weighted by molar-refractivity contribution is 7.05. The van der Waals surface area contributed by atoms with E-state index in [0.717, 1.165) is 11.4 Å². The van der Waals surface area contributed by atoms with Crippen LogP contribution in [0.1, 0.15) is 18.9 Å². The second-order valence-corrected chi connectivity index (χ2v) is 3.81. The fraction of sp³-hybridized carbons (Fsp3) is 0.714. The summed E-state index contributed by atoms with van der Waals surface area (Å²) >= 11 is 1.43. The third-order valence-electron chi connectivity index (χ3n) is 1.67. The van der Waals surface area contributed by atoms with Gasteiger partial charge in [0.15, 0.2) is 0 Å². The van der Waals surface area contributed by atoms with E-state index >= 15 is 0 Å². The van der Waals surface area contributed by atoms with Crippen molar-refractivity contribution >= 4 is 11.5 Å². The molecule has 0 aromatic carbocycles. The van der Waals surface area contributed by atoms with Gasteiger partial charge in [-0.1, -0.05) is 13.8 Å². The SMILES string of the molecule is CC(C)C(N)Cc1ncns1. The third kappa shape index (κ3) is 2.55. The van der Waals surface area contributed by atoms with Crippen LogP contribution in [0, 0.1) is 5.92 Å². The Labute approximate surface area is 70.8 Å². The average molecular weight is 171 g/mol. The maximum Gasteiger partial charge on any atom is 0.129 e. The Morgan fingerprint density at radius 1 is 1.64 bits per heavy atom. The van der Waals surface area contributed by atoms with Crippen molar-refractivity contribution in [2.75, 3.05) is 0 Å². The smallest absolute Gasteiger partial charge is 0.129 e. The van der Waals surface area contributed by atoms with Crippen molar-refractivity contribution in [1.82, 2.24) is 9.36 Å². The minimum absolute atomic E-state index is 0.211. The fourth-order valence-electron chi connectivity index (χ4n) is 0.723. The summed E-state index contributed by atoms with van der Waals surface area (Å²) < 4.78 is 3.91. The molecule has 62 valence electrons. The molecule has 1 heterocycles. The van der Waals surface area contributed by atoms with Crippen molar-refractivity contribution in [3.8, 4) is 0 Å². The first kappa shape index (κ1) is 8.62. The summed E-state index contributed by atoms with van der Waals surface area (Å²) in [7, 11) is 0. The zero-order chi connectivity index (χ0) is 8.27. The molecule has 0 fully saturated rings. The van der Waals surface area contributed by atoms with Crippen LogP contribution in [0.2, 0.25) is 0 Å². The van der Waals surface area contributed by atoms with Crippen LogP contribution in [0.3, 0.4) is 0 Å². The van der Waals surface area contributed by atoms with Crippen LogP contribution in [0.25, 0.3) is 0 Å². The van der Waals surface area contributed by atoms with Gasteiger partial charge in [0.1, 0.15) is 11.3 Å². The van der Waals surface area contributed by atoms with E-state index in [0.29, 0.717) is 5.92 Å². The lowest BCUT2D eigenvalue weighted by molar-refractivity contribution is 0.490. The Hall–Kier alpha value is -0.480. The van der Waals surface area contributed by atoms with Crippen molar-refractivity contribution in [2.45, 2.75) is 26.3 Å². The molecule has 1 rings (SSSR count). The Kier molecular flexibility index (Phi) is 2.96. The predicted octanol–water partition coefficient (Wildman–Crippen LogP) is 1.06. The Morgan fingerprint density at radius 3 is 2.82 bits per heavy atom. The summed E-state index contributed by atoms with van der Waals surface area (Å²) in [4.78, 5) is 4.07. The highest BCUT2D eigenvalue weighted by Crippen LogP contribution is 2.08. The molecule has 3 nitrogen and oxygen atoms in total. The van der Waals surface area contributed by atoms with E-state index in [-0.39, 0.29) is 6.04 Å². The molecule has 1 aromatic heterocycles. The van der Waals surface area contributed by atoms with Gasteiger partial charge in [0.25, 0.3) is 0 Å². The molecule has 1 aromatic rings. The number of nitrogens with zero attached hydrogens (tertiary/aromatic N) is 2. The summed E-state index contributed by atoms with van der Waals surface area (Å²) in [5.74, 6) is 0.513. The van der Waals surface area contributed by atoms with Crippen molar-refractivity contribution in [3.05, 3.63) is 11.3 Å². The van der Waals surface area contributed by atoms with E-state index in [2.05, 4.69) is 23.2 Å². The molecule has 1 atom stereocenters. The van der Waals surface area contributed by atoms with Gasteiger partial charge in [0.05, 0.1) is 0 Å². The molecular weight excluding hydrogens is 158 g/mol. The fourth-order valence-corrected chi connectivity index (χ4v) is 1.30. The van der Waals surface area contributed by atoms with E-state index in [1.54, 1.807) is 6.33 Å². The molecule has 0 aliphatic rings. The lowest BCUT2D eigenvalue weighted by atomic mass is 10.0. The van der Waals surface area contributed by atoms with Gasteiger partial charge in [0.2, 0.25) is 0 Å². The third-order valence-corrected chi connectivity index (χ3v) is 2.36. The Bertz CT molecular complexity index is 195. The van der Waals surface area contributed by atoms with Crippen LogP contribution in [0.15, 0.2) is 6.33 Å². The molecular formula is C7H13N3S. The lowest BCUT2D eigenvalue weighted by Gasteiger charge is -2.12. The second-order valence-electron chi connectivity index (χ2n) is 2.95. The molecule has 0 saturated heterocycles. The predicted molar refractivity (Wildman–Crippen MR) is 46.4 cm³/mol. The van der Waals surface area contributed by atoms with Crippen molar-refractivity contribution in [3.63, 3.8) is 0 Å². The number of aromatic nitrogens is 2. The molecule has 0 aliphatic heterocycles. The number of hydrogen-bond acceptors (Lipinski definition) is 4. The van der Waals surface area contributed by atoms with Gasteiger partial charge in [-0.25, -0.2) is 4.98 Å². The van der Waals surface area contributed by atoms with E-state index in [1.165, 1.54) is 11.5 Å². The molecule has 0 radical (unpaired) electrons. The minimum atomic E-state index is 0.211. The van der Waals surface area contributed by atoms with E-state index in [4.69, 9.17) is 5.73 Å². The Morgan fingerprint density at radius 2 is 2.36 bits per heavy atom. The summed E-state index contributed by atoms with van der Waals surface area (Å²) in [5.41, 5.74) is 5.85. The number of nitrogens with two attached hydrogens (primary N) is 1. The van der Waals surface area contributed by atoms with Gasteiger partial charge < -0.3 is 5.73 Å². The minimum Gasteiger partial charge on any atom is -0.327 e. The normalized spacial score (nSPS) is 13.8. The van der Waals surface area contributed by atoms with Gasteiger partial charge >= 0.3 is 0 Å².